The van der Waals surface area contributed by atoms with Crippen LogP contribution in [0.15, 0.2) is 42.7 Å². The largest absolute Gasteiger partial charge is 0.481 e. The molecule has 1 aliphatic carbocycles. The molecular formula is C19H18ClN3O4. The van der Waals surface area contributed by atoms with E-state index in [9.17, 15) is 19.5 Å². The van der Waals surface area contributed by atoms with Crippen molar-refractivity contribution >= 4 is 40.8 Å². The minimum Gasteiger partial charge on any atom is -0.481 e. The molecule has 27 heavy (non-hydrogen) atoms. The quantitative estimate of drug-likeness (QED) is 0.729. The van der Waals surface area contributed by atoms with Crippen LogP contribution >= 0.6 is 11.6 Å². The van der Waals surface area contributed by atoms with Gasteiger partial charge >= 0.3 is 5.97 Å². The number of carbonyl (C=O) groups is 3. The van der Waals surface area contributed by atoms with Crippen LogP contribution in [-0.4, -0.2) is 27.9 Å². The molecule has 1 heterocycles. The molecule has 1 saturated carbocycles. The molecule has 2 amide bonds. The summed E-state index contributed by atoms with van der Waals surface area (Å²) in [5, 5.41) is 14.7. The summed E-state index contributed by atoms with van der Waals surface area (Å²) in [4.78, 5) is 39.8. The van der Waals surface area contributed by atoms with Gasteiger partial charge in [-0.2, -0.15) is 0 Å². The summed E-state index contributed by atoms with van der Waals surface area (Å²) in [6.07, 6.45) is 3.10. The van der Waals surface area contributed by atoms with E-state index in [1.54, 1.807) is 38.2 Å². The predicted octanol–water partition coefficient (Wildman–Crippen LogP) is 3.28. The van der Waals surface area contributed by atoms with Crippen molar-refractivity contribution in [2.75, 3.05) is 10.6 Å². The SMILES string of the molecule is CC1(C)[C@H](C(=O)O)[C@H]1C(=O)Nc1ccc(C(=O)Nc2cccnc2)c(Cl)c1. The van der Waals surface area contributed by atoms with Crippen molar-refractivity contribution in [3.8, 4) is 0 Å². The van der Waals surface area contributed by atoms with Gasteiger partial charge in [0.05, 0.1) is 34.3 Å². The molecule has 0 unspecified atom stereocenters. The van der Waals surface area contributed by atoms with Gasteiger partial charge in [-0.3, -0.25) is 19.4 Å². The fourth-order valence-electron chi connectivity index (χ4n) is 3.22. The van der Waals surface area contributed by atoms with E-state index in [0.717, 1.165) is 0 Å². The number of aromatic nitrogens is 1. The monoisotopic (exact) mass is 387 g/mol. The lowest BCUT2D eigenvalue weighted by Crippen LogP contribution is -2.18. The van der Waals surface area contributed by atoms with Gasteiger partial charge in [-0.05, 0) is 35.7 Å². The van der Waals surface area contributed by atoms with Crippen molar-refractivity contribution in [1.29, 1.82) is 0 Å². The molecule has 3 rings (SSSR count). The third kappa shape index (κ3) is 3.78. The zero-order valence-corrected chi connectivity index (χ0v) is 15.4. The number of aliphatic carboxylic acids is 1. The first-order chi connectivity index (χ1) is 12.7. The summed E-state index contributed by atoms with van der Waals surface area (Å²) in [6.45, 7) is 3.49. The lowest BCUT2D eigenvalue weighted by Gasteiger charge is -2.10. The van der Waals surface area contributed by atoms with E-state index in [0.29, 0.717) is 11.4 Å². The molecule has 0 saturated heterocycles. The summed E-state index contributed by atoms with van der Waals surface area (Å²) in [5.74, 6) is -3.09. The zero-order chi connectivity index (χ0) is 19.8. The molecule has 140 valence electrons. The van der Waals surface area contributed by atoms with Crippen molar-refractivity contribution in [2.24, 2.45) is 17.3 Å². The van der Waals surface area contributed by atoms with Gasteiger partial charge < -0.3 is 15.7 Å². The van der Waals surface area contributed by atoms with Gasteiger partial charge in [0.25, 0.3) is 5.91 Å². The highest BCUT2D eigenvalue weighted by Gasteiger charge is 2.65. The maximum absolute atomic E-state index is 12.4. The van der Waals surface area contributed by atoms with E-state index < -0.39 is 29.1 Å². The Morgan fingerprint density at radius 3 is 2.41 bits per heavy atom. The number of nitrogens with zero attached hydrogens (tertiary/aromatic N) is 1. The summed E-state index contributed by atoms with van der Waals surface area (Å²) in [5.41, 5.74) is 0.582. The van der Waals surface area contributed by atoms with Crippen LogP contribution in [0.25, 0.3) is 0 Å². The van der Waals surface area contributed by atoms with E-state index >= 15 is 0 Å². The van der Waals surface area contributed by atoms with Crippen molar-refractivity contribution < 1.29 is 19.5 Å². The van der Waals surface area contributed by atoms with E-state index in [2.05, 4.69) is 15.6 Å². The maximum atomic E-state index is 12.4. The number of nitrogens with one attached hydrogen (secondary N) is 2. The molecular weight excluding hydrogens is 370 g/mol. The molecule has 0 aliphatic heterocycles. The van der Waals surface area contributed by atoms with Crippen LogP contribution in [0.1, 0.15) is 24.2 Å². The lowest BCUT2D eigenvalue weighted by molar-refractivity contribution is -0.140. The highest BCUT2D eigenvalue weighted by Crippen LogP contribution is 2.58. The summed E-state index contributed by atoms with van der Waals surface area (Å²) in [7, 11) is 0. The highest BCUT2D eigenvalue weighted by molar-refractivity contribution is 6.34. The van der Waals surface area contributed by atoms with E-state index in [4.69, 9.17) is 11.6 Å². The number of pyridine rings is 1. The van der Waals surface area contributed by atoms with Crippen LogP contribution < -0.4 is 10.6 Å². The Bertz CT molecular complexity index is 914. The number of carbonyl (C=O) groups excluding carboxylic acids is 2. The number of hydrogen-bond acceptors (Lipinski definition) is 4. The van der Waals surface area contributed by atoms with Gasteiger partial charge in [0.2, 0.25) is 5.91 Å². The number of hydrogen-bond donors (Lipinski definition) is 3. The summed E-state index contributed by atoms with van der Waals surface area (Å²) in [6, 6.07) is 7.90. The van der Waals surface area contributed by atoms with E-state index in [-0.39, 0.29) is 16.5 Å². The van der Waals surface area contributed by atoms with Crippen LogP contribution in [-0.2, 0) is 9.59 Å². The Hall–Kier alpha value is -2.93. The average Bonchev–Trinajstić information content (AvgIpc) is 3.18. The fourth-order valence-corrected chi connectivity index (χ4v) is 3.49. The van der Waals surface area contributed by atoms with Gasteiger partial charge in [0.1, 0.15) is 0 Å². The molecule has 0 spiro atoms. The number of halogens is 1. The Morgan fingerprint density at radius 2 is 1.85 bits per heavy atom. The number of carboxylic acids is 1. The van der Waals surface area contributed by atoms with Crippen LogP contribution in [0.2, 0.25) is 5.02 Å². The zero-order valence-electron chi connectivity index (χ0n) is 14.7. The van der Waals surface area contributed by atoms with Crippen LogP contribution in [0, 0.1) is 17.3 Å². The molecule has 1 aliphatic rings. The average molecular weight is 388 g/mol. The Kier molecular flexibility index (Phi) is 4.89. The second-order valence-corrected chi connectivity index (χ2v) is 7.40. The topological polar surface area (TPSA) is 108 Å². The normalized spacial score (nSPS) is 19.8. The number of rotatable bonds is 5. The maximum Gasteiger partial charge on any atom is 0.307 e. The van der Waals surface area contributed by atoms with Crippen LogP contribution in [0.5, 0.6) is 0 Å². The molecule has 0 bridgehead atoms. The molecule has 3 N–H and O–H groups in total. The molecule has 1 fully saturated rings. The number of benzene rings is 1. The molecule has 2 atom stereocenters. The molecule has 0 radical (unpaired) electrons. The van der Waals surface area contributed by atoms with E-state index in [1.807, 2.05) is 0 Å². The first kappa shape index (κ1) is 18.8. The second-order valence-electron chi connectivity index (χ2n) is 6.99. The van der Waals surface area contributed by atoms with Gasteiger partial charge in [-0.15, -0.1) is 0 Å². The van der Waals surface area contributed by atoms with Crippen molar-refractivity contribution in [3.05, 3.63) is 53.3 Å². The Labute approximate surface area is 160 Å². The first-order valence-electron chi connectivity index (χ1n) is 8.26. The number of amides is 2. The Morgan fingerprint density at radius 1 is 1.11 bits per heavy atom. The van der Waals surface area contributed by atoms with Crippen molar-refractivity contribution in [2.45, 2.75) is 13.8 Å². The summed E-state index contributed by atoms with van der Waals surface area (Å²) < 4.78 is 0. The third-order valence-corrected chi connectivity index (χ3v) is 5.09. The minimum atomic E-state index is -0.986. The summed E-state index contributed by atoms with van der Waals surface area (Å²) >= 11 is 6.18. The molecule has 2 aromatic rings. The Balaban J connectivity index is 1.69. The standard InChI is InChI=1S/C19H18ClN3O4/c1-19(2)14(15(19)18(26)27)17(25)22-10-5-6-12(13(20)8-10)16(24)23-11-4-3-7-21-9-11/h3-9,14-15H,1-2H3,(H,22,25)(H,23,24)(H,26,27)/t14-,15-/m0/s1. The predicted molar refractivity (Wildman–Crippen MR) is 101 cm³/mol. The molecule has 8 heteroatoms. The van der Waals surface area contributed by atoms with E-state index in [1.165, 1.54) is 18.3 Å². The molecule has 1 aromatic heterocycles. The highest BCUT2D eigenvalue weighted by atomic mass is 35.5. The van der Waals surface area contributed by atoms with Crippen LogP contribution in [0.3, 0.4) is 0 Å². The smallest absolute Gasteiger partial charge is 0.307 e. The number of carboxylic acid groups (broad SMARTS) is 1. The first-order valence-corrected chi connectivity index (χ1v) is 8.64. The van der Waals surface area contributed by atoms with Gasteiger partial charge in [0, 0.05) is 11.9 Å². The van der Waals surface area contributed by atoms with Crippen molar-refractivity contribution in [3.63, 3.8) is 0 Å². The van der Waals surface area contributed by atoms with Gasteiger partial charge in [0.15, 0.2) is 0 Å². The molecule has 1 aromatic carbocycles. The van der Waals surface area contributed by atoms with Crippen molar-refractivity contribution in [1.82, 2.24) is 4.98 Å². The van der Waals surface area contributed by atoms with Crippen LogP contribution in [0.4, 0.5) is 11.4 Å². The number of anilines is 2. The third-order valence-electron chi connectivity index (χ3n) is 4.78. The van der Waals surface area contributed by atoms with Gasteiger partial charge in [-0.1, -0.05) is 25.4 Å². The lowest BCUT2D eigenvalue weighted by atomic mass is 10.1. The van der Waals surface area contributed by atoms with Gasteiger partial charge in [-0.25, -0.2) is 0 Å². The second kappa shape index (κ2) is 7.00. The fraction of sp³-hybridized carbons (Fsp3) is 0.263. The minimum absolute atomic E-state index is 0.166. The molecule has 7 nitrogen and oxygen atoms in total.